The summed E-state index contributed by atoms with van der Waals surface area (Å²) in [6, 6.07) is 11.1. The molecule has 0 saturated heterocycles. The fourth-order valence-electron chi connectivity index (χ4n) is 2.78. The molecule has 7 nitrogen and oxygen atoms in total. The van der Waals surface area contributed by atoms with Gasteiger partial charge in [-0.25, -0.2) is 4.98 Å². The second kappa shape index (κ2) is 9.46. The van der Waals surface area contributed by atoms with Crippen molar-refractivity contribution in [2.24, 2.45) is 0 Å². The Morgan fingerprint density at radius 2 is 2.10 bits per heavy atom. The van der Waals surface area contributed by atoms with Crippen LogP contribution in [0.1, 0.15) is 13.3 Å². The van der Waals surface area contributed by atoms with Crippen molar-refractivity contribution in [2.45, 2.75) is 25.0 Å². The molecular formula is C20H18ClN5O2S2. The number of hydrogen-bond donors (Lipinski definition) is 1. The Morgan fingerprint density at radius 3 is 2.83 bits per heavy atom. The molecule has 10 heteroatoms. The number of anilines is 1. The van der Waals surface area contributed by atoms with Gasteiger partial charge in [0.25, 0.3) is 0 Å². The molecule has 1 N–H and O–H groups in total. The number of nitrogens with zero attached hydrogens (tertiary/aromatic N) is 4. The Hall–Kier alpha value is -2.62. The summed E-state index contributed by atoms with van der Waals surface area (Å²) in [5.41, 5.74) is 1.74. The van der Waals surface area contributed by atoms with E-state index in [-0.39, 0.29) is 11.7 Å². The number of rotatable bonds is 8. The summed E-state index contributed by atoms with van der Waals surface area (Å²) in [6.07, 6.45) is 2.52. The van der Waals surface area contributed by atoms with E-state index in [9.17, 15) is 4.79 Å². The second-order valence-electron chi connectivity index (χ2n) is 6.32. The van der Waals surface area contributed by atoms with Crippen LogP contribution in [0.5, 0.6) is 0 Å². The zero-order valence-electron chi connectivity index (χ0n) is 16.0. The number of benzene rings is 1. The van der Waals surface area contributed by atoms with Crippen molar-refractivity contribution < 1.29 is 9.21 Å². The molecule has 154 valence electrons. The number of thioether (sulfide) groups is 1. The lowest BCUT2D eigenvalue weighted by Gasteiger charge is -2.07. The molecule has 0 unspecified atom stereocenters. The topological polar surface area (TPSA) is 85.8 Å². The summed E-state index contributed by atoms with van der Waals surface area (Å²) in [5, 5.41) is 15.1. The number of nitrogens with one attached hydrogen (secondary N) is 1. The summed E-state index contributed by atoms with van der Waals surface area (Å²) in [7, 11) is 0. The molecule has 30 heavy (non-hydrogen) atoms. The van der Waals surface area contributed by atoms with Crippen LogP contribution >= 0.6 is 34.7 Å². The maximum Gasteiger partial charge on any atom is 0.236 e. The smallest absolute Gasteiger partial charge is 0.236 e. The van der Waals surface area contributed by atoms with Crippen LogP contribution in [-0.4, -0.2) is 31.4 Å². The first-order chi connectivity index (χ1) is 14.6. The number of carbonyl (C=O) groups excluding carboxylic acids is 1. The predicted molar refractivity (Wildman–Crippen MR) is 120 cm³/mol. The molecule has 1 amide bonds. The van der Waals surface area contributed by atoms with Gasteiger partial charge >= 0.3 is 0 Å². The van der Waals surface area contributed by atoms with Crippen molar-refractivity contribution in [1.82, 2.24) is 19.7 Å². The van der Waals surface area contributed by atoms with E-state index in [0.29, 0.717) is 26.9 Å². The van der Waals surface area contributed by atoms with Crippen LogP contribution in [0.3, 0.4) is 0 Å². The zero-order chi connectivity index (χ0) is 20.9. The largest absolute Gasteiger partial charge is 0.461 e. The van der Waals surface area contributed by atoms with E-state index in [1.165, 1.54) is 23.1 Å². The summed E-state index contributed by atoms with van der Waals surface area (Å²) in [4.78, 5) is 16.9. The highest BCUT2D eigenvalue weighted by atomic mass is 35.5. The molecule has 0 radical (unpaired) electrons. The van der Waals surface area contributed by atoms with Gasteiger partial charge < -0.3 is 9.73 Å². The lowest BCUT2D eigenvalue weighted by molar-refractivity contribution is -0.113. The minimum atomic E-state index is -0.150. The average molecular weight is 460 g/mol. The predicted octanol–water partition coefficient (Wildman–Crippen LogP) is 5.46. The Bertz CT molecular complexity index is 1120. The monoisotopic (exact) mass is 459 g/mol. The van der Waals surface area contributed by atoms with Gasteiger partial charge in [-0.2, -0.15) is 0 Å². The quantitative estimate of drug-likeness (QED) is 0.352. The van der Waals surface area contributed by atoms with Gasteiger partial charge in [0.05, 0.1) is 17.7 Å². The molecule has 0 atom stereocenters. The number of aromatic nitrogens is 4. The van der Waals surface area contributed by atoms with Crippen LogP contribution in [0.15, 0.2) is 57.6 Å². The van der Waals surface area contributed by atoms with Crippen LogP contribution in [0.2, 0.25) is 5.02 Å². The van der Waals surface area contributed by atoms with Crippen LogP contribution in [0.25, 0.3) is 22.8 Å². The van der Waals surface area contributed by atoms with E-state index in [4.69, 9.17) is 16.0 Å². The van der Waals surface area contributed by atoms with Crippen molar-refractivity contribution in [1.29, 1.82) is 0 Å². The normalized spacial score (nSPS) is 11.0. The van der Waals surface area contributed by atoms with E-state index >= 15 is 0 Å². The zero-order valence-corrected chi connectivity index (χ0v) is 18.4. The number of thiazole rings is 1. The third-order valence-electron chi connectivity index (χ3n) is 4.13. The van der Waals surface area contributed by atoms with Crippen LogP contribution in [0, 0.1) is 0 Å². The van der Waals surface area contributed by atoms with Gasteiger partial charge in [-0.1, -0.05) is 42.4 Å². The molecule has 4 aromatic rings. The van der Waals surface area contributed by atoms with Gasteiger partial charge in [0.2, 0.25) is 5.91 Å². The maximum atomic E-state index is 12.4. The summed E-state index contributed by atoms with van der Waals surface area (Å²) >= 11 is 8.64. The summed E-state index contributed by atoms with van der Waals surface area (Å²) < 4.78 is 7.41. The fourth-order valence-corrected chi connectivity index (χ4v) is 4.40. The fraction of sp³-hybridized carbons (Fsp3) is 0.200. The molecule has 1 aromatic carbocycles. The van der Waals surface area contributed by atoms with Crippen molar-refractivity contribution in [3.63, 3.8) is 0 Å². The molecule has 0 fully saturated rings. The first-order valence-corrected chi connectivity index (χ1v) is 11.5. The van der Waals surface area contributed by atoms with Gasteiger partial charge in [-0.05, 0) is 30.7 Å². The average Bonchev–Trinajstić information content (AvgIpc) is 3.48. The van der Waals surface area contributed by atoms with E-state index in [0.717, 1.165) is 24.2 Å². The first-order valence-electron chi connectivity index (χ1n) is 9.25. The van der Waals surface area contributed by atoms with E-state index in [1.807, 2.05) is 46.3 Å². The van der Waals surface area contributed by atoms with E-state index < -0.39 is 0 Å². The Morgan fingerprint density at radius 1 is 1.27 bits per heavy atom. The number of hydrogen-bond acceptors (Lipinski definition) is 7. The highest BCUT2D eigenvalue weighted by Crippen LogP contribution is 2.27. The van der Waals surface area contributed by atoms with E-state index in [2.05, 4.69) is 27.4 Å². The third-order valence-corrected chi connectivity index (χ3v) is 6.10. The molecule has 0 bridgehead atoms. The van der Waals surface area contributed by atoms with Crippen molar-refractivity contribution in [3.05, 3.63) is 53.1 Å². The Balaban J connectivity index is 1.39. The molecule has 3 aromatic heterocycles. The number of carbonyl (C=O) groups is 1. The number of furan rings is 1. The highest BCUT2D eigenvalue weighted by molar-refractivity contribution is 7.99. The van der Waals surface area contributed by atoms with Gasteiger partial charge in [0, 0.05) is 22.5 Å². The molecule has 0 saturated carbocycles. The van der Waals surface area contributed by atoms with Gasteiger partial charge in [-0.15, -0.1) is 21.5 Å². The lowest BCUT2D eigenvalue weighted by atomic mass is 10.2. The maximum absolute atomic E-state index is 12.4. The van der Waals surface area contributed by atoms with Crippen molar-refractivity contribution >= 4 is 45.7 Å². The first kappa shape index (κ1) is 20.6. The SMILES string of the molecule is CCCn1c(SCC(=O)Nc2nc(-c3ccc(Cl)cc3)cs2)nnc1-c1ccco1. The van der Waals surface area contributed by atoms with Gasteiger partial charge in [0.15, 0.2) is 21.9 Å². The third kappa shape index (κ3) is 4.75. The minimum absolute atomic E-state index is 0.150. The molecule has 0 aliphatic rings. The number of amides is 1. The Labute approximate surface area is 186 Å². The Kier molecular flexibility index (Phi) is 6.51. The standard InChI is InChI=1S/C20H18ClN5O2S2/c1-2-9-26-18(16-4-3-10-28-16)24-25-20(26)30-12-17(27)23-19-22-15(11-29-19)13-5-7-14(21)8-6-13/h3-8,10-11H,2,9,12H2,1H3,(H,22,23,27). The van der Waals surface area contributed by atoms with Gasteiger partial charge in [0.1, 0.15) is 0 Å². The summed E-state index contributed by atoms with van der Waals surface area (Å²) in [6.45, 7) is 2.82. The number of halogens is 1. The second-order valence-corrected chi connectivity index (χ2v) is 8.55. The molecule has 0 aliphatic carbocycles. The highest BCUT2D eigenvalue weighted by Gasteiger charge is 2.17. The molecule has 3 heterocycles. The van der Waals surface area contributed by atoms with E-state index in [1.54, 1.807) is 6.26 Å². The summed E-state index contributed by atoms with van der Waals surface area (Å²) in [5.74, 6) is 1.38. The van der Waals surface area contributed by atoms with Crippen molar-refractivity contribution in [3.8, 4) is 22.8 Å². The minimum Gasteiger partial charge on any atom is -0.461 e. The lowest BCUT2D eigenvalue weighted by Crippen LogP contribution is -2.14. The van der Waals surface area contributed by atoms with Crippen molar-refractivity contribution in [2.75, 3.05) is 11.1 Å². The van der Waals surface area contributed by atoms with Crippen LogP contribution in [-0.2, 0) is 11.3 Å². The van der Waals surface area contributed by atoms with Crippen LogP contribution in [0.4, 0.5) is 5.13 Å². The molecular weight excluding hydrogens is 442 g/mol. The molecule has 0 spiro atoms. The van der Waals surface area contributed by atoms with Crippen LogP contribution < -0.4 is 5.32 Å². The van der Waals surface area contributed by atoms with Gasteiger partial charge in [-0.3, -0.25) is 9.36 Å². The molecule has 0 aliphatic heterocycles. The molecule has 4 rings (SSSR count).